The summed E-state index contributed by atoms with van der Waals surface area (Å²) in [5, 5.41) is 28.6. The van der Waals surface area contributed by atoms with Crippen LogP contribution in [0.2, 0.25) is 0 Å². The summed E-state index contributed by atoms with van der Waals surface area (Å²) in [6.45, 7) is 7.17. The molecule has 0 spiro atoms. The fourth-order valence-electron chi connectivity index (χ4n) is 4.13. The van der Waals surface area contributed by atoms with Crippen LogP contribution in [0.15, 0.2) is 30.3 Å². The van der Waals surface area contributed by atoms with Crippen LogP contribution < -0.4 is 16.0 Å². The van der Waals surface area contributed by atoms with Crippen LogP contribution in [-0.2, 0) is 16.1 Å². The lowest BCUT2D eigenvalue weighted by molar-refractivity contribution is -0.385. The minimum atomic E-state index is -1.16. The lowest BCUT2D eigenvalue weighted by Gasteiger charge is -2.32. The van der Waals surface area contributed by atoms with Crippen molar-refractivity contribution >= 4 is 29.1 Å². The summed E-state index contributed by atoms with van der Waals surface area (Å²) in [4.78, 5) is 37.1. The van der Waals surface area contributed by atoms with Gasteiger partial charge in [-0.3, -0.25) is 25.1 Å². The van der Waals surface area contributed by atoms with Crippen LogP contribution in [-0.4, -0.2) is 58.7 Å². The van der Waals surface area contributed by atoms with E-state index < -0.39 is 28.3 Å². The summed E-state index contributed by atoms with van der Waals surface area (Å²) in [6.07, 6.45) is 0.762. The number of nitrogens with one attached hydrogen (secondary N) is 3. The molecule has 0 atom stereocenters. The van der Waals surface area contributed by atoms with E-state index in [1.165, 1.54) is 12.1 Å². The van der Waals surface area contributed by atoms with Gasteiger partial charge in [0.2, 0.25) is 5.91 Å². The SMILES string of the molecule is CC(C)(C)OC(=O)Nc1cc(F)c(F)cc1NCC(=O)NCC1CCN(Cc2ccc(O)c([N+](=O)[O-])c2)CC1. The monoisotopic (exact) mass is 549 g/mol. The van der Waals surface area contributed by atoms with Crippen molar-refractivity contribution in [1.29, 1.82) is 0 Å². The molecule has 1 fully saturated rings. The van der Waals surface area contributed by atoms with Crippen molar-refractivity contribution in [2.24, 2.45) is 5.92 Å². The molecule has 212 valence electrons. The first-order valence-corrected chi connectivity index (χ1v) is 12.5. The van der Waals surface area contributed by atoms with E-state index in [0.717, 1.165) is 43.6 Å². The Bertz CT molecular complexity index is 1210. The second-order valence-electron chi connectivity index (χ2n) is 10.4. The predicted octanol–water partition coefficient (Wildman–Crippen LogP) is 4.37. The number of phenolic OH excluding ortho intramolecular Hbond substituents is 1. The zero-order valence-corrected chi connectivity index (χ0v) is 22.1. The minimum absolute atomic E-state index is 0.0256. The van der Waals surface area contributed by atoms with Crippen molar-refractivity contribution in [3.63, 3.8) is 0 Å². The molecule has 13 heteroatoms. The number of halogens is 2. The molecule has 1 aliphatic heterocycles. The Morgan fingerprint density at radius 1 is 1.13 bits per heavy atom. The number of piperidine rings is 1. The zero-order chi connectivity index (χ0) is 28.7. The first-order valence-electron chi connectivity index (χ1n) is 12.5. The first-order chi connectivity index (χ1) is 18.3. The number of phenols is 1. The summed E-state index contributed by atoms with van der Waals surface area (Å²) in [6, 6.07) is 6.01. The zero-order valence-electron chi connectivity index (χ0n) is 22.1. The number of carbonyl (C=O) groups is 2. The lowest BCUT2D eigenvalue weighted by atomic mass is 9.96. The van der Waals surface area contributed by atoms with Gasteiger partial charge in [-0.15, -0.1) is 0 Å². The minimum Gasteiger partial charge on any atom is -0.502 e. The van der Waals surface area contributed by atoms with Crippen LogP contribution in [0, 0.1) is 27.7 Å². The number of benzene rings is 2. The number of amides is 2. The molecule has 0 aliphatic carbocycles. The number of likely N-dealkylation sites (tertiary alicyclic amines) is 1. The third kappa shape index (κ3) is 9.06. The molecule has 0 radical (unpaired) electrons. The second-order valence-corrected chi connectivity index (χ2v) is 10.4. The van der Waals surface area contributed by atoms with Gasteiger partial charge in [0, 0.05) is 31.3 Å². The third-order valence-corrected chi connectivity index (χ3v) is 6.07. The highest BCUT2D eigenvalue weighted by Crippen LogP contribution is 2.28. The first kappa shape index (κ1) is 29.6. The van der Waals surface area contributed by atoms with E-state index in [2.05, 4.69) is 20.9 Å². The van der Waals surface area contributed by atoms with Gasteiger partial charge in [-0.05, 0) is 64.3 Å². The van der Waals surface area contributed by atoms with E-state index in [1.807, 2.05) is 0 Å². The van der Waals surface area contributed by atoms with Crippen LogP contribution in [0.3, 0.4) is 0 Å². The number of nitrogens with zero attached hydrogens (tertiary/aromatic N) is 2. The summed E-state index contributed by atoms with van der Waals surface area (Å²) < 4.78 is 32.7. The van der Waals surface area contributed by atoms with Gasteiger partial charge < -0.3 is 20.5 Å². The van der Waals surface area contributed by atoms with Crippen molar-refractivity contribution < 1.29 is 33.1 Å². The van der Waals surface area contributed by atoms with Gasteiger partial charge in [-0.1, -0.05) is 6.07 Å². The molecule has 39 heavy (non-hydrogen) atoms. The topological polar surface area (TPSA) is 146 Å². The highest BCUT2D eigenvalue weighted by molar-refractivity contribution is 5.91. The van der Waals surface area contributed by atoms with E-state index in [4.69, 9.17) is 4.74 Å². The number of hydrogen-bond acceptors (Lipinski definition) is 8. The molecule has 4 N–H and O–H groups in total. The predicted molar refractivity (Wildman–Crippen MR) is 140 cm³/mol. The molecule has 2 aromatic rings. The molecule has 2 amide bonds. The summed E-state index contributed by atoms with van der Waals surface area (Å²) in [7, 11) is 0. The average molecular weight is 550 g/mol. The van der Waals surface area contributed by atoms with Crippen molar-refractivity contribution in [3.8, 4) is 5.75 Å². The van der Waals surface area contributed by atoms with Gasteiger partial charge >= 0.3 is 11.8 Å². The molecule has 2 aromatic carbocycles. The molecule has 1 heterocycles. The van der Waals surface area contributed by atoms with E-state index in [1.54, 1.807) is 26.8 Å². The highest BCUT2D eigenvalue weighted by Gasteiger charge is 2.22. The maximum absolute atomic E-state index is 13.8. The van der Waals surface area contributed by atoms with Gasteiger partial charge in [0.1, 0.15) is 5.60 Å². The molecule has 3 rings (SSSR count). The van der Waals surface area contributed by atoms with E-state index >= 15 is 0 Å². The molecule has 0 unspecified atom stereocenters. The molecule has 1 aliphatic rings. The average Bonchev–Trinajstić information content (AvgIpc) is 2.84. The van der Waals surface area contributed by atoms with E-state index in [-0.39, 0.29) is 41.2 Å². The van der Waals surface area contributed by atoms with Gasteiger partial charge in [0.25, 0.3) is 0 Å². The number of carbonyl (C=O) groups excluding carboxylic acids is 2. The Labute approximate surface area is 224 Å². The summed E-state index contributed by atoms with van der Waals surface area (Å²) >= 11 is 0. The smallest absolute Gasteiger partial charge is 0.412 e. The van der Waals surface area contributed by atoms with Gasteiger partial charge in [0.05, 0.1) is 22.8 Å². The number of hydrogen-bond donors (Lipinski definition) is 4. The molecule has 11 nitrogen and oxygen atoms in total. The van der Waals surface area contributed by atoms with Gasteiger partial charge in [-0.25, -0.2) is 13.6 Å². The Morgan fingerprint density at radius 2 is 1.77 bits per heavy atom. The van der Waals surface area contributed by atoms with Gasteiger partial charge in [-0.2, -0.15) is 0 Å². The Hall–Kier alpha value is -4.00. The van der Waals surface area contributed by atoms with E-state index in [0.29, 0.717) is 13.1 Å². The number of rotatable bonds is 9. The quantitative estimate of drug-likeness (QED) is 0.267. The summed E-state index contributed by atoms with van der Waals surface area (Å²) in [5.74, 6) is -2.80. The van der Waals surface area contributed by atoms with Crippen LogP contribution in [0.4, 0.5) is 30.6 Å². The second kappa shape index (κ2) is 12.7. The Morgan fingerprint density at radius 3 is 2.38 bits per heavy atom. The van der Waals surface area contributed by atoms with Crippen LogP contribution in [0.1, 0.15) is 39.2 Å². The number of aromatic hydroxyl groups is 1. The fourth-order valence-corrected chi connectivity index (χ4v) is 4.13. The van der Waals surface area contributed by atoms with Crippen molar-refractivity contribution in [2.75, 3.05) is 36.8 Å². The molecular formula is C26H33F2N5O6. The van der Waals surface area contributed by atoms with E-state index in [9.17, 15) is 33.6 Å². The maximum atomic E-state index is 13.8. The third-order valence-electron chi connectivity index (χ3n) is 6.07. The molecule has 0 bridgehead atoms. The standard InChI is InChI=1S/C26H33F2N5O6/c1-26(2,3)39-25(36)31-21-12-19(28)18(27)11-20(21)29-14-24(35)30-13-16-6-8-32(9-7-16)15-17-4-5-23(34)22(10-17)33(37)38/h4-5,10-12,16,29,34H,6-9,13-15H2,1-3H3,(H,30,35)(H,31,36). The maximum Gasteiger partial charge on any atom is 0.412 e. The molecular weight excluding hydrogens is 516 g/mol. The van der Waals surface area contributed by atoms with Crippen molar-refractivity contribution in [2.45, 2.75) is 45.8 Å². The molecule has 0 saturated carbocycles. The lowest BCUT2D eigenvalue weighted by Crippen LogP contribution is -2.39. The highest BCUT2D eigenvalue weighted by atomic mass is 19.2. The van der Waals surface area contributed by atoms with Crippen molar-refractivity contribution in [1.82, 2.24) is 10.2 Å². The normalized spacial score (nSPS) is 14.5. The number of anilines is 2. The fraction of sp³-hybridized carbons (Fsp3) is 0.462. The Kier molecular flexibility index (Phi) is 9.62. The molecule has 1 saturated heterocycles. The number of nitro groups is 1. The van der Waals surface area contributed by atoms with Crippen LogP contribution in [0.25, 0.3) is 0 Å². The van der Waals surface area contributed by atoms with Gasteiger partial charge in [0.15, 0.2) is 17.4 Å². The summed E-state index contributed by atoms with van der Waals surface area (Å²) in [5.41, 5.74) is -0.427. The number of ether oxygens (including phenoxy) is 1. The van der Waals surface area contributed by atoms with Crippen LogP contribution in [0.5, 0.6) is 5.75 Å². The molecule has 0 aromatic heterocycles. The largest absolute Gasteiger partial charge is 0.502 e. The van der Waals surface area contributed by atoms with Crippen molar-refractivity contribution in [3.05, 3.63) is 57.6 Å². The Balaban J connectivity index is 1.45. The van der Waals surface area contributed by atoms with Crippen LogP contribution >= 0.6 is 0 Å². The number of nitro benzene ring substituents is 1.